The minimum Gasteiger partial charge on any atom is -0.380 e. The van der Waals surface area contributed by atoms with Gasteiger partial charge in [-0.05, 0) is 105 Å². The van der Waals surface area contributed by atoms with Crippen LogP contribution in [-0.4, -0.2) is 11.5 Å². The lowest BCUT2D eigenvalue weighted by Crippen LogP contribution is -2.18. The van der Waals surface area contributed by atoms with Gasteiger partial charge in [-0.1, -0.05) is 108 Å². The van der Waals surface area contributed by atoms with Gasteiger partial charge >= 0.3 is 0 Å². The fourth-order valence-electron chi connectivity index (χ4n) is 6.58. The van der Waals surface area contributed by atoms with Crippen LogP contribution in [0.3, 0.4) is 0 Å². The Morgan fingerprint density at radius 3 is 1.73 bits per heavy atom. The van der Waals surface area contributed by atoms with E-state index in [9.17, 15) is 0 Å². The van der Waals surface area contributed by atoms with Crippen molar-refractivity contribution in [2.75, 3.05) is 6.54 Å². The summed E-state index contributed by atoms with van der Waals surface area (Å²) in [6.07, 6.45) is 6.47. The van der Waals surface area contributed by atoms with E-state index < -0.39 is 0 Å². The molecule has 0 aliphatic carbocycles. The Morgan fingerprint density at radius 1 is 0.477 bits per heavy atom. The third kappa shape index (κ3) is 4.66. The topological polar surface area (TPSA) is 24.9 Å². The van der Waals surface area contributed by atoms with Gasteiger partial charge in [0.15, 0.2) is 0 Å². The number of nitrogens with one attached hydrogen (secondary N) is 1. The van der Waals surface area contributed by atoms with E-state index in [0.717, 1.165) is 23.4 Å². The summed E-state index contributed by atoms with van der Waals surface area (Å²) >= 11 is 0. The van der Waals surface area contributed by atoms with Crippen molar-refractivity contribution in [1.29, 1.82) is 0 Å². The quantitative estimate of drug-likeness (QED) is 0.215. The summed E-state index contributed by atoms with van der Waals surface area (Å²) in [7, 11) is 0. The number of hydrogen-bond donors (Lipinski definition) is 1. The molecule has 1 N–H and O–H groups in total. The highest BCUT2D eigenvalue weighted by molar-refractivity contribution is 6.26. The summed E-state index contributed by atoms with van der Waals surface area (Å²) in [5.74, 6) is 0. The molecule has 0 bridgehead atoms. The first kappa shape index (κ1) is 26.2. The molecular formula is C42H32N2. The van der Waals surface area contributed by atoms with Gasteiger partial charge < -0.3 is 5.32 Å². The summed E-state index contributed by atoms with van der Waals surface area (Å²) in [6, 6.07) is 44.1. The van der Waals surface area contributed by atoms with E-state index in [2.05, 4.69) is 153 Å². The van der Waals surface area contributed by atoms with Gasteiger partial charge in [0.05, 0.1) is 5.69 Å². The van der Waals surface area contributed by atoms with Crippen molar-refractivity contribution in [2.24, 2.45) is 0 Å². The maximum atomic E-state index is 4.82. The summed E-state index contributed by atoms with van der Waals surface area (Å²) in [5.41, 5.74) is 11.9. The SMILES string of the molecule is Cc1cccc(C2=CC=C(c3ccc4c5ccc(-c6ccc(-c7cccc(C)c7)nc6)cc5c5ccccc5c4c3)CN2)c1. The molecule has 0 saturated carbocycles. The van der Waals surface area contributed by atoms with Crippen LogP contribution in [-0.2, 0) is 0 Å². The second-order valence-corrected chi connectivity index (χ2v) is 11.9. The molecule has 2 heteroatoms. The molecule has 0 atom stereocenters. The standard InChI is InChI=1S/C42H32N2/c1-27-7-5-9-31(21-27)41-19-15-33(25-43-41)29-13-17-37-38-18-14-30(24-40(38)36-12-4-3-11-35(36)39(37)23-29)34-16-20-42(44-26-34)32-10-6-8-28(2)22-32/h3-25,44H,26H2,1-2H3. The molecule has 8 rings (SSSR count). The van der Waals surface area contributed by atoms with Crippen LogP contribution in [0.4, 0.5) is 0 Å². The molecule has 0 spiro atoms. The molecule has 1 aliphatic heterocycles. The van der Waals surface area contributed by atoms with Crippen molar-refractivity contribution >= 4 is 43.6 Å². The molecule has 0 amide bonds. The van der Waals surface area contributed by atoms with Gasteiger partial charge in [0.2, 0.25) is 0 Å². The molecule has 0 unspecified atom stereocenters. The Hall–Kier alpha value is -5.47. The molecule has 2 heterocycles. The smallest absolute Gasteiger partial charge is 0.0702 e. The number of dihydropyridines is 1. The van der Waals surface area contributed by atoms with Crippen LogP contribution in [0.15, 0.2) is 140 Å². The van der Waals surface area contributed by atoms with E-state index in [0.29, 0.717) is 0 Å². The fourth-order valence-corrected chi connectivity index (χ4v) is 6.58. The summed E-state index contributed by atoms with van der Waals surface area (Å²) in [5, 5.41) is 11.3. The molecule has 0 saturated heterocycles. The molecule has 1 aliphatic rings. The Balaban J connectivity index is 1.20. The zero-order valence-corrected chi connectivity index (χ0v) is 24.9. The minimum absolute atomic E-state index is 0.802. The Labute approximate surface area is 258 Å². The van der Waals surface area contributed by atoms with Crippen molar-refractivity contribution < 1.29 is 0 Å². The average Bonchev–Trinajstić information content (AvgIpc) is 3.08. The Morgan fingerprint density at radius 2 is 1.09 bits per heavy atom. The fraction of sp³-hybridized carbons (Fsp3) is 0.0714. The molecule has 44 heavy (non-hydrogen) atoms. The Kier molecular flexibility index (Phi) is 6.34. The number of benzene rings is 6. The molecule has 6 aromatic carbocycles. The third-order valence-corrected chi connectivity index (χ3v) is 8.87. The van der Waals surface area contributed by atoms with Gasteiger partial charge in [-0.2, -0.15) is 0 Å². The maximum absolute atomic E-state index is 4.82. The van der Waals surface area contributed by atoms with Gasteiger partial charge in [0, 0.05) is 29.6 Å². The van der Waals surface area contributed by atoms with Crippen molar-refractivity contribution in [3.8, 4) is 22.4 Å². The number of pyridine rings is 1. The van der Waals surface area contributed by atoms with Crippen LogP contribution in [0.5, 0.6) is 0 Å². The number of fused-ring (bicyclic) bond motifs is 6. The predicted molar refractivity (Wildman–Crippen MR) is 187 cm³/mol. The Bertz CT molecular complexity index is 2270. The lowest BCUT2D eigenvalue weighted by atomic mass is 9.90. The molecule has 7 aromatic rings. The number of rotatable bonds is 4. The van der Waals surface area contributed by atoms with Crippen molar-refractivity contribution in [1.82, 2.24) is 10.3 Å². The van der Waals surface area contributed by atoms with Gasteiger partial charge in [0.1, 0.15) is 0 Å². The van der Waals surface area contributed by atoms with E-state index in [4.69, 9.17) is 4.98 Å². The van der Waals surface area contributed by atoms with Gasteiger partial charge in [-0.25, -0.2) is 0 Å². The predicted octanol–water partition coefficient (Wildman–Crippen LogP) is 10.5. The van der Waals surface area contributed by atoms with E-state index in [-0.39, 0.29) is 0 Å². The largest absolute Gasteiger partial charge is 0.380 e. The number of aryl methyl sites for hydroxylation is 2. The minimum atomic E-state index is 0.802. The second-order valence-electron chi connectivity index (χ2n) is 11.9. The van der Waals surface area contributed by atoms with Gasteiger partial charge in [-0.3, -0.25) is 4.98 Å². The first-order chi connectivity index (χ1) is 21.6. The highest BCUT2D eigenvalue weighted by Crippen LogP contribution is 2.38. The molecule has 210 valence electrons. The second kappa shape index (κ2) is 10.7. The lowest BCUT2D eigenvalue weighted by Gasteiger charge is -2.19. The monoisotopic (exact) mass is 564 g/mol. The average molecular weight is 565 g/mol. The maximum Gasteiger partial charge on any atom is 0.0702 e. The van der Waals surface area contributed by atoms with Crippen molar-refractivity contribution in [3.05, 3.63) is 162 Å². The van der Waals surface area contributed by atoms with E-state index in [1.54, 1.807) is 0 Å². The van der Waals surface area contributed by atoms with E-state index >= 15 is 0 Å². The summed E-state index contributed by atoms with van der Waals surface area (Å²) in [4.78, 5) is 4.82. The third-order valence-electron chi connectivity index (χ3n) is 8.87. The molecule has 2 nitrogen and oxygen atoms in total. The summed E-state index contributed by atoms with van der Waals surface area (Å²) < 4.78 is 0. The van der Waals surface area contributed by atoms with Crippen molar-refractivity contribution in [3.63, 3.8) is 0 Å². The normalized spacial score (nSPS) is 13.1. The van der Waals surface area contributed by atoms with E-state index in [1.165, 1.54) is 71.4 Å². The van der Waals surface area contributed by atoms with Crippen LogP contribution < -0.4 is 5.32 Å². The number of allylic oxidation sites excluding steroid dienone is 2. The number of hydrogen-bond acceptors (Lipinski definition) is 2. The highest BCUT2D eigenvalue weighted by Gasteiger charge is 2.14. The summed E-state index contributed by atoms with van der Waals surface area (Å²) in [6.45, 7) is 5.06. The van der Waals surface area contributed by atoms with Crippen LogP contribution >= 0.6 is 0 Å². The highest BCUT2D eigenvalue weighted by atomic mass is 14.9. The zero-order valence-electron chi connectivity index (χ0n) is 24.9. The molecule has 0 fully saturated rings. The van der Waals surface area contributed by atoms with Crippen LogP contribution in [0.25, 0.3) is 66.0 Å². The van der Waals surface area contributed by atoms with Gasteiger partial charge in [0.25, 0.3) is 0 Å². The number of nitrogens with zero attached hydrogens (tertiary/aromatic N) is 1. The molecule has 0 radical (unpaired) electrons. The zero-order chi connectivity index (χ0) is 29.6. The van der Waals surface area contributed by atoms with E-state index in [1.807, 2.05) is 6.20 Å². The first-order valence-corrected chi connectivity index (χ1v) is 15.2. The molecular weight excluding hydrogens is 532 g/mol. The van der Waals surface area contributed by atoms with Crippen LogP contribution in [0.1, 0.15) is 22.3 Å². The number of aromatic nitrogens is 1. The van der Waals surface area contributed by atoms with Crippen LogP contribution in [0.2, 0.25) is 0 Å². The molecule has 1 aromatic heterocycles. The first-order valence-electron chi connectivity index (χ1n) is 15.2. The van der Waals surface area contributed by atoms with Gasteiger partial charge in [-0.15, -0.1) is 0 Å². The van der Waals surface area contributed by atoms with Crippen LogP contribution in [0, 0.1) is 13.8 Å². The van der Waals surface area contributed by atoms with Crippen molar-refractivity contribution in [2.45, 2.75) is 13.8 Å². The lowest BCUT2D eigenvalue weighted by molar-refractivity contribution is 1.01.